The van der Waals surface area contributed by atoms with Gasteiger partial charge in [0.05, 0.1) is 5.56 Å². The van der Waals surface area contributed by atoms with E-state index in [2.05, 4.69) is 9.97 Å². The number of fused-ring (bicyclic) bond motifs is 1. The van der Waals surface area contributed by atoms with E-state index in [-0.39, 0.29) is 0 Å². The van der Waals surface area contributed by atoms with Gasteiger partial charge in [-0.05, 0) is 12.1 Å². The van der Waals surface area contributed by atoms with Gasteiger partial charge in [-0.25, -0.2) is 4.79 Å². The Morgan fingerprint density at radius 1 is 1.12 bits per heavy atom. The maximum absolute atomic E-state index is 11.6. The Morgan fingerprint density at radius 2 is 1.94 bits per heavy atom. The van der Waals surface area contributed by atoms with Crippen LogP contribution in [0.5, 0.6) is 0 Å². The van der Waals surface area contributed by atoms with E-state index in [0.29, 0.717) is 16.9 Å². The van der Waals surface area contributed by atoms with Crippen molar-refractivity contribution < 1.29 is 4.42 Å². The van der Waals surface area contributed by atoms with Gasteiger partial charge in [-0.15, -0.1) is 0 Å². The summed E-state index contributed by atoms with van der Waals surface area (Å²) in [5.74, 6) is 0.434. The third-order valence-electron chi connectivity index (χ3n) is 2.51. The second kappa shape index (κ2) is 3.48. The molecule has 0 fully saturated rings. The van der Waals surface area contributed by atoms with Gasteiger partial charge in [0.1, 0.15) is 11.3 Å². The molecule has 5 heteroatoms. The van der Waals surface area contributed by atoms with E-state index in [1.807, 2.05) is 24.3 Å². The average molecular weight is 228 g/mol. The van der Waals surface area contributed by atoms with Crippen LogP contribution < -0.4 is 11.2 Å². The highest BCUT2D eigenvalue weighted by molar-refractivity contribution is 5.82. The first kappa shape index (κ1) is 9.65. The van der Waals surface area contributed by atoms with Crippen molar-refractivity contribution in [1.29, 1.82) is 0 Å². The van der Waals surface area contributed by atoms with Crippen LogP contribution in [0.4, 0.5) is 0 Å². The standard InChI is InChI=1S/C12H8N2O3/c15-11-8(6-13-12(16)14-11)10-5-7-3-1-2-4-9(7)17-10/h1-6H,(H2,13,14,15,16). The monoisotopic (exact) mass is 228 g/mol. The van der Waals surface area contributed by atoms with Crippen LogP contribution in [-0.2, 0) is 0 Å². The van der Waals surface area contributed by atoms with Gasteiger partial charge in [0.2, 0.25) is 0 Å². The number of furan rings is 1. The lowest BCUT2D eigenvalue weighted by Gasteiger charge is -1.92. The zero-order valence-corrected chi connectivity index (χ0v) is 8.69. The van der Waals surface area contributed by atoms with Crippen molar-refractivity contribution in [2.75, 3.05) is 0 Å². The van der Waals surface area contributed by atoms with Crippen molar-refractivity contribution >= 4 is 11.0 Å². The number of hydrogen-bond donors (Lipinski definition) is 2. The Kier molecular flexibility index (Phi) is 1.98. The fourth-order valence-corrected chi connectivity index (χ4v) is 1.71. The Hall–Kier alpha value is -2.56. The molecule has 3 rings (SSSR count). The Morgan fingerprint density at radius 3 is 2.71 bits per heavy atom. The molecule has 2 N–H and O–H groups in total. The van der Waals surface area contributed by atoms with Gasteiger partial charge < -0.3 is 9.40 Å². The number of hydrogen-bond acceptors (Lipinski definition) is 3. The van der Waals surface area contributed by atoms with Crippen molar-refractivity contribution in [2.24, 2.45) is 0 Å². The lowest BCUT2D eigenvalue weighted by molar-refractivity contribution is 0.629. The molecule has 2 heterocycles. The fraction of sp³-hybridized carbons (Fsp3) is 0. The molecule has 0 saturated heterocycles. The van der Waals surface area contributed by atoms with E-state index in [9.17, 15) is 9.59 Å². The summed E-state index contributed by atoms with van der Waals surface area (Å²) in [5, 5.41) is 0.910. The zero-order chi connectivity index (χ0) is 11.8. The Bertz CT molecular complexity index is 762. The third kappa shape index (κ3) is 1.57. The molecule has 0 atom stereocenters. The first-order valence-electron chi connectivity index (χ1n) is 5.05. The molecule has 0 saturated carbocycles. The minimum absolute atomic E-state index is 0.306. The van der Waals surface area contributed by atoms with E-state index in [1.54, 1.807) is 6.07 Å². The Balaban J connectivity index is 2.27. The van der Waals surface area contributed by atoms with Crippen LogP contribution in [0.25, 0.3) is 22.3 Å². The molecule has 2 aromatic heterocycles. The summed E-state index contributed by atoms with van der Waals surface area (Å²) in [5.41, 5.74) is 0.0107. The normalized spacial score (nSPS) is 10.8. The van der Waals surface area contributed by atoms with Crippen LogP contribution in [0, 0.1) is 0 Å². The number of H-pyrrole nitrogens is 2. The third-order valence-corrected chi connectivity index (χ3v) is 2.51. The summed E-state index contributed by atoms with van der Waals surface area (Å²) in [6.45, 7) is 0. The summed E-state index contributed by atoms with van der Waals surface area (Å²) >= 11 is 0. The summed E-state index contributed by atoms with van der Waals surface area (Å²) in [4.78, 5) is 27.1. The van der Waals surface area contributed by atoms with E-state index in [0.717, 1.165) is 5.39 Å². The molecule has 1 aromatic carbocycles. The largest absolute Gasteiger partial charge is 0.456 e. The fourth-order valence-electron chi connectivity index (χ4n) is 1.71. The highest BCUT2D eigenvalue weighted by Crippen LogP contribution is 2.24. The van der Waals surface area contributed by atoms with Gasteiger partial charge in [0.25, 0.3) is 5.56 Å². The smallest absolute Gasteiger partial charge is 0.325 e. The van der Waals surface area contributed by atoms with Gasteiger partial charge in [-0.3, -0.25) is 9.78 Å². The molecule has 84 valence electrons. The zero-order valence-electron chi connectivity index (χ0n) is 8.69. The van der Waals surface area contributed by atoms with Crippen LogP contribution >= 0.6 is 0 Å². The molecule has 0 aliphatic carbocycles. The number of para-hydroxylation sites is 1. The first-order valence-corrected chi connectivity index (χ1v) is 5.05. The lowest BCUT2D eigenvalue weighted by atomic mass is 10.2. The van der Waals surface area contributed by atoms with Crippen molar-refractivity contribution in [2.45, 2.75) is 0 Å². The topological polar surface area (TPSA) is 78.9 Å². The Labute approximate surface area is 94.7 Å². The summed E-state index contributed by atoms with van der Waals surface area (Å²) in [6, 6.07) is 9.21. The molecule has 0 spiro atoms. The van der Waals surface area contributed by atoms with Crippen molar-refractivity contribution in [3.8, 4) is 11.3 Å². The molecular weight excluding hydrogens is 220 g/mol. The van der Waals surface area contributed by atoms with Crippen molar-refractivity contribution in [3.05, 3.63) is 57.4 Å². The summed E-state index contributed by atoms with van der Waals surface area (Å²) < 4.78 is 5.53. The molecule has 0 aliphatic heterocycles. The number of nitrogens with one attached hydrogen (secondary N) is 2. The quantitative estimate of drug-likeness (QED) is 0.662. The highest BCUT2D eigenvalue weighted by Gasteiger charge is 2.09. The second-order valence-corrected chi connectivity index (χ2v) is 3.63. The molecular formula is C12H8N2O3. The van der Waals surface area contributed by atoms with Crippen molar-refractivity contribution in [3.63, 3.8) is 0 Å². The highest BCUT2D eigenvalue weighted by atomic mass is 16.3. The van der Waals surface area contributed by atoms with E-state index < -0.39 is 11.2 Å². The molecule has 0 aliphatic rings. The van der Waals surface area contributed by atoms with E-state index in [1.165, 1.54) is 6.20 Å². The molecule has 17 heavy (non-hydrogen) atoms. The van der Waals surface area contributed by atoms with E-state index >= 15 is 0 Å². The minimum Gasteiger partial charge on any atom is -0.456 e. The van der Waals surface area contributed by atoms with Gasteiger partial charge in [0.15, 0.2) is 0 Å². The molecule has 3 aromatic rings. The number of rotatable bonds is 1. The van der Waals surface area contributed by atoms with Crippen molar-refractivity contribution in [1.82, 2.24) is 9.97 Å². The number of aromatic nitrogens is 2. The first-order chi connectivity index (χ1) is 8.24. The number of aromatic amines is 2. The molecule has 0 bridgehead atoms. The van der Waals surface area contributed by atoms with Gasteiger partial charge >= 0.3 is 5.69 Å². The average Bonchev–Trinajstić information content (AvgIpc) is 2.72. The SMILES string of the molecule is O=c1[nH]cc(-c2cc3ccccc3o2)c(=O)[nH]1. The van der Waals surface area contributed by atoms with Crippen LogP contribution in [0.1, 0.15) is 0 Å². The van der Waals surface area contributed by atoms with Crippen LogP contribution in [0.3, 0.4) is 0 Å². The summed E-state index contributed by atoms with van der Waals surface area (Å²) in [6.07, 6.45) is 1.35. The molecule has 5 nitrogen and oxygen atoms in total. The number of benzene rings is 1. The minimum atomic E-state index is -0.533. The molecule has 0 unspecified atom stereocenters. The lowest BCUT2D eigenvalue weighted by Crippen LogP contribution is -2.22. The van der Waals surface area contributed by atoms with Gasteiger partial charge in [0, 0.05) is 11.6 Å². The van der Waals surface area contributed by atoms with Crippen LogP contribution in [-0.4, -0.2) is 9.97 Å². The van der Waals surface area contributed by atoms with Gasteiger partial charge in [-0.1, -0.05) is 18.2 Å². The maximum atomic E-state index is 11.6. The van der Waals surface area contributed by atoms with Gasteiger partial charge in [-0.2, -0.15) is 0 Å². The molecule has 0 radical (unpaired) electrons. The predicted molar refractivity (Wildman–Crippen MR) is 62.9 cm³/mol. The predicted octanol–water partition coefficient (Wildman–Crippen LogP) is 1.48. The maximum Gasteiger partial charge on any atom is 0.325 e. The van der Waals surface area contributed by atoms with E-state index in [4.69, 9.17) is 4.42 Å². The molecule has 0 amide bonds. The van der Waals surface area contributed by atoms with Crippen LogP contribution in [0.2, 0.25) is 0 Å². The van der Waals surface area contributed by atoms with Crippen LogP contribution in [0.15, 0.2) is 50.5 Å². The summed E-state index contributed by atoms with van der Waals surface area (Å²) in [7, 11) is 0. The second-order valence-electron chi connectivity index (χ2n) is 3.63.